The second kappa shape index (κ2) is 4.82. The number of fused-ring (bicyclic) bond motifs is 1. The number of nitrogens with one attached hydrogen (secondary N) is 1. The maximum atomic E-state index is 6.18. The van der Waals surface area contributed by atoms with Crippen LogP contribution in [0.15, 0.2) is 34.8 Å². The van der Waals surface area contributed by atoms with Gasteiger partial charge in [0.2, 0.25) is 0 Å². The molecule has 0 aliphatic carbocycles. The molecule has 0 amide bonds. The van der Waals surface area contributed by atoms with Gasteiger partial charge in [0, 0.05) is 15.1 Å². The lowest BCUT2D eigenvalue weighted by molar-refractivity contribution is 1.33. The minimum atomic E-state index is 0.616. The third-order valence-electron chi connectivity index (χ3n) is 2.95. The zero-order valence-corrected chi connectivity index (χ0v) is 13.1. The van der Waals surface area contributed by atoms with Crippen molar-refractivity contribution in [3.05, 3.63) is 50.4 Å². The van der Waals surface area contributed by atoms with Crippen molar-refractivity contribution in [2.75, 3.05) is 0 Å². The summed E-state index contributed by atoms with van der Waals surface area (Å²) in [6, 6.07) is 9.64. The summed E-state index contributed by atoms with van der Waals surface area (Å²) in [4.78, 5) is 7.78. The summed E-state index contributed by atoms with van der Waals surface area (Å²) in [5, 5.41) is 1.34. The van der Waals surface area contributed by atoms with Gasteiger partial charge in [0.25, 0.3) is 0 Å². The lowest BCUT2D eigenvalue weighted by atomic mass is 10.1. The quantitative estimate of drug-likeness (QED) is 0.604. The van der Waals surface area contributed by atoms with Crippen LogP contribution in [0.2, 0.25) is 10.0 Å². The lowest BCUT2D eigenvalue weighted by Crippen LogP contribution is -1.82. The third kappa shape index (κ3) is 2.38. The summed E-state index contributed by atoms with van der Waals surface area (Å²) in [7, 11) is 0. The highest BCUT2D eigenvalue weighted by Crippen LogP contribution is 2.30. The van der Waals surface area contributed by atoms with Gasteiger partial charge in [-0.2, -0.15) is 0 Å². The van der Waals surface area contributed by atoms with Gasteiger partial charge in [0.1, 0.15) is 11.3 Å². The molecule has 3 rings (SSSR count). The van der Waals surface area contributed by atoms with Crippen molar-refractivity contribution in [3.63, 3.8) is 0 Å². The van der Waals surface area contributed by atoms with Crippen molar-refractivity contribution in [2.24, 2.45) is 0 Å². The molecule has 0 unspecified atom stereocenters. The molecule has 0 atom stereocenters. The zero-order valence-electron chi connectivity index (χ0n) is 9.97. The highest BCUT2D eigenvalue weighted by atomic mass is 79.9. The molecule has 1 aromatic heterocycles. The average Bonchev–Trinajstić information content (AvgIpc) is 2.76. The fraction of sp³-hybridized carbons (Fsp3) is 0.0714. The van der Waals surface area contributed by atoms with Crippen molar-refractivity contribution in [1.29, 1.82) is 0 Å². The van der Waals surface area contributed by atoms with E-state index in [0.717, 1.165) is 37.5 Å². The van der Waals surface area contributed by atoms with Crippen LogP contribution < -0.4 is 0 Å². The van der Waals surface area contributed by atoms with Gasteiger partial charge in [-0.3, -0.25) is 0 Å². The normalized spacial score (nSPS) is 11.2. The molecule has 0 saturated carbocycles. The summed E-state index contributed by atoms with van der Waals surface area (Å²) in [6.45, 7) is 1.97. The van der Waals surface area contributed by atoms with Gasteiger partial charge in [0.15, 0.2) is 0 Å². The molecule has 96 valence electrons. The fourth-order valence-corrected chi connectivity index (χ4v) is 2.95. The fourth-order valence-electron chi connectivity index (χ4n) is 1.92. The highest BCUT2D eigenvalue weighted by molar-refractivity contribution is 9.10. The van der Waals surface area contributed by atoms with Gasteiger partial charge < -0.3 is 4.98 Å². The Kier molecular flexibility index (Phi) is 3.29. The predicted molar refractivity (Wildman–Crippen MR) is 84.0 cm³/mol. The van der Waals surface area contributed by atoms with E-state index in [1.807, 2.05) is 37.3 Å². The summed E-state index contributed by atoms with van der Waals surface area (Å²) >= 11 is 15.7. The first-order valence-electron chi connectivity index (χ1n) is 5.66. The molecule has 0 saturated heterocycles. The lowest BCUT2D eigenvalue weighted by Gasteiger charge is -2.00. The van der Waals surface area contributed by atoms with E-state index >= 15 is 0 Å². The van der Waals surface area contributed by atoms with E-state index < -0.39 is 0 Å². The molecule has 0 spiro atoms. The van der Waals surface area contributed by atoms with Crippen LogP contribution in [0.5, 0.6) is 0 Å². The first-order chi connectivity index (χ1) is 9.04. The standard InChI is InChI=1S/C14H9BrCl2N2/c1-7-2-3-8(4-10(7)16)14-18-12-6-9(15)5-11(17)13(12)19-14/h2-6H,1H3,(H,18,19). The predicted octanol–water partition coefficient (Wildman–Crippen LogP) is 5.61. The molecule has 0 bridgehead atoms. The SMILES string of the molecule is Cc1ccc(-c2nc3c(Cl)cc(Br)cc3[nH]2)cc1Cl. The number of aromatic nitrogens is 2. The van der Waals surface area contributed by atoms with E-state index in [9.17, 15) is 0 Å². The molecular weight excluding hydrogens is 347 g/mol. The maximum absolute atomic E-state index is 6.18. The molecule has 0 aliphatic rings. The molecule has 19 heavy (non-hydrogen) atoms. The maximum Gasteiger partial charge on any atom is 0.138 e. The number of rotatable bonds is 1. The van der Waals surface area contributed by atoms with Crippen LogP contribution in [0, 0.1) is 6.92 Å². The first kappa shape index (κ1) is 13.0. The van der Waals surface area contributed by atoms with Crippen molar-refractivity contribution < 1.29 is 0 Å². The Morgan fingerprint density at radius 1 is 1.11 bits per heavy atom. The van der Waals surface area contributed by atoms with Crippen molar-refractivity contribution in [2.45, 2.75) is 6.92 Å². The minimum Gasteiger partial charge on any atom is -0.338 e. The van der Waals surface area contributed by atoms with Crippen molar-refractivity contribution >= 4 is 50.2 Å². The molecule has 3 aromatic rings. The number of aromatic amines is 1. The number of halogens is 3. The second-order valence-electron chi connectivity index (χ2n) is 4.33. The van der Waals surface area contributed by atoms with Crippen LogP contribution in [-0.4, -0.2) is 9.97 Å². The van der Waals surface area contributed by atoms with Crippen LogP contribution in [0.1, 0.15) is 5.56 Å². The van der Waals surface area contributed by atoms with E-state index in [1.165, 1.54) is 0 Å². The summed E-state index contributed by atoms with van der Waals surface area (Å²) < 4.78 is 0.919. The summed E-state index contributed by atoms with van der Waals surface area (Å²) in [5.41, 5.74) is 3.64. The smallest absolute Gasteiger partial charge is 0.138 e. The van der Waals surface area contributed by atoms with E-state index in [2.05, 4.69) is 25.9 Å². The van der Waals surface area contributed by atoms with Gasteiger partial charge >= 0.3 is 0 Å². The van der Waals surface area contributed by atoms with Gasteiger partial charge in [-0.05, 0) is 30.7 Å². The summed E-state index contributed by atoms with van der Waals surface area (Å²) in [5.74, 6) is 0.761. The van der Waals surface area contributed by atoms with Crippen LogP contribution in [-0.2, 0) is 0 Å². The van der Waals surface area contributed by atoms with Gasteiger partial charge in [-0.25, -0.2) is 4.98 Å². The number of nitrogens with zero attached hydrogens (tertiary/aromatic N) is 1. The molecule has 2 nitrogen and oxygen atoms in total. The Hall–Kier alpha value is -1.03. The summed E-state index contributed by atoms with van der Waals surface area (Å²) in [6.07, 6.45) is 0. The molecule has 1 heterocycles. The zero-order chi connectivity index (χ0) is 13.6. The Labute approximate surface area is 128 Å². The van der Waals surface area contributed by atoms with Crippen molar-refractivity contribution in [1.82, 2.24) is 9.97 Å². The minimum absolute atomic E-state index is 0.616. The second-order valence-corrected chi connectivity index (χ2v) is 6.06. The Morgan fingerprint density at radius 2 is 1.89 bits per heavy atom. The number of imidazole rings is 1. The molecule has 1 N–H and O–H groups in total. The van der Waals surface area contributed by atoms with Gasteiger partial charge in [0.05, 0.1) is 10.5 Å². The average molecular weight is 356 g/mol. The van der Waals surface area contributed by atoms with E-state index in [-0.39, 0.29) is 0 Å². The molecule has 5 heteroatoms. The topological polar surface area (TPSA) is 28.7 Å². The number of hydrogen-bond acceptors (Lipinski definition) is 1. The van der Waals surface area contributed by atoms with Gasteiger partial charge in [-0.15, -0.1) is 0 Å². The van der Waals surface area contributed by atoms with E-state index in [1.54, 1.807) is 0 Å². The molecule has 2 aromatic carbocycles. The van der Waals surface area contributed by atoms with Crippen LogP contribution in [0.3, 0.4) is 0 Å². The number of hydrogen-bond donors (Lipinski definition) is 1. The first-order valence-corrected chi connectivity index (χ1v) is 7.21. The van der Waals surface area contributed by atoms with Crippen LogP contribution in [0.4, 0.5) is 0 Å². The Bertz CT molecular complexity index is 780. The van der Waals surface area contributed by atoms with Crippen LogP contribution in [0.25, 0.3) is 22.4 Å². The number of aryl methyl sites for hydroxylation is 1. The van der Waals surface area contributed by atoms with Crippen LogP contribution >= 0.6 is 39.1 Å². The molecule has 0 fully saturated rings. The van der Waals surface area contributed by atoms with Gasteiger partial charge in [-0.1, -0.05) is 51.3 Å². The Morgan fingerprint density at radius 3 is 2.63 bits per heavy atom. The van der Waals surface area contributed by atoms with Crippen molar-refractivity contribution in [3.8, 4) is 11.4 Å². The van der Waals surface area contributed by atoms with E-state index in [4.69, 9.17) is 23.2 Å². The Balaban J connectivity index is 2.20. The molecule has 0 aliphatic heterocycles. The number of H-pyrrole nitrogens is 1. The highest BCUT2D eigenvalue weighted by Gasteiger charge is 2.10. The monoisotopic (exact) mass is 354 g/mol. The van der Waals surface area contributed by atoms with E-state index in [0.29, 0.717) is 5.02 Å². The number of benzene rings is 2. The third-order valence-corrected chi connectivity index (χ3v) is 4.10. The molecule has 0 radical (unpaired) electrons. The largest absolute Gasteiger partial charge is 0.338 e. The molecular formula is C14H9BrCl2N2.